The first-order valence-corrected chi connectivity index (χ1v) is 9.74. The van der Waals surface area contributed by atoms with E-state index in [0.717, 1.165) is 16.7 Å². The van der Waals surface area contributed by atoms with E-state index in [4.69, 9.17) is 9.47 Å². The molecule has 3 heteroatoms. The number of hydrogen-bond donors (Lipinski definition) is 0. The van der Waals surface area contributed by atoms with Crippen LogP contribution in [0.25, 0.3) is 16.8 Å². The molecule has 1 atom stereocenters. The number of fused-ring (bicyclic) bond motifs is 3. The maximum absolute atomic E-state index is 12.3. The molecule has 0 saturated carbocycles. The van der Waals surface area contributed by atoms with Gasteiger partial charge in [-0.05, 0) is 54.3 Å². The second-order valence-electron chi connectivity index (χ2n) is 7.55. The van der Waals surface area contributed by atoms with E-state index in [1.54, 1.807) is 13.2 Å². The Morgan fingerprint density at radius 1 is 1.21 bits per heavy atom. The summed E-state index contributed by atoms with van der Waals surface area (Å²) in [5, 5.41) is 2.37. The molecule has 2 aromatic rings. The van der Waals surface area contributed by atoms with Gasteiger partial charge in [0.25, 0.3) is 0 Å². The van der Waals surface area contributed by atoms with Crippen LogP contribution in [0.2, 0.25) is 0 Å². The Morgan fingerprint density at radius 3 is 2.76 bits per heavy atom. The average Bonchev–Trinajstić information content (AvgIpc) is 2.70. The fourth-order valence-corrected chi connectivity index (χ4v) is 3.23. The minimum absolute atomic E-state index is 0.357. The van der Waals surface area contributed by atoms with Gasteiger partial charge in [-0.3, -0.25) is 0 Å². The molecule has 29 heavy (non-hydrogen) atoms. The summed E-state index contributed by atoms with van der Waals surface area (Å²) in [5.41, 5.74) is 2.72. The number of ether oxygens (including phenoxy) is 2. The second-order valence-corrected chi connectivity index (χ2v) is 7.55. The van der Waals surface area contributed by atoms with Crippen LogP contribution in [-0.4, -0.2) is 18.2 Å². The van der Waals surface area contributed by atoms with Gasteiger partial charge in [0.05, 0.1) is 12.9 Å². The highest BCUT2D eigenvalue weighted by molar-refractivity contribution is 5.93. The maximum atomic E-state index is 12.3. The van der Waals surface area contributed by atoms with E-state index in [2.05, 4.69) is 42.7 Å². The summed E-state index contributed by atoms with van der Waals surface area (Å²) in [5.74, 6) is 5.86. The zero-order valence-corrected chi connectivity index (χ0v) is 17.2. The molecule has 1 aliphatic rings. The molecule has 0 spiro atoms. The molecule has 0 fully saturated rings. The molecule has 1 unspecified atom stereocenters. The Bertz CT molecular complexity index is 1060. The van der Waals surface area contributed by atoms with Gasteiger partial charge >= 0.3 is 5.97 Å². The fourth-order valence-electron chi connectivity index (χ4n) is 3.23. The first-order chi connectivity index (χ1) is 13.9. The molecule has 1 aliphatic carbocycles. The largest absolute Gasteiger partial charge is 0.500 e. The summed E-state index contributed by atoms with van der Waals surface area (Å²) < 4.78 is 11.2. The third-order valence-electron chi connectivity index (χ3n) is 4.62. The molecule has 0 N–H and O–H groups in total. The first kappa shape index (κ1) is 20.5. The lowest BCUT2D eigenvalue weighted by molar-refractivity contribution is -0.146. The van der Waals surface area contributed by atoms with Gasteiger partial charge in [0.2, 0.25) is 0 Å². The minimum atomic E-state index is -0.998. The number of esters is 1. The lowest BCUT2D eigenvalue weighted by atomic mass is 9.84. The molecule has 2 aromatic carbocycles. The van der Waals surface area contributed by atoms with E-state index in [-0.39, 0.29) is 0 Å². The standard InChI is InChI=1S/C26H26O3/c1-19(2)18-28-16-8-7-14-26(29-25(27)20(3)4)15-13-24-22(17-26)12-11-21-9-5-6-10-23(21)24/h5-6,9-13,15,18H,3,8,16-17H2,1-2,4H3. The smallest absolute Gasteiger partial charge is 0.334 e. The van der Waals surface area contributed by atoms with Crippen LogP contribution in [0.15, 0.2) is 66.5 Å². The van der Waals surface area contributed by atoms with E-state index >= 15 is 0 Å². The van der Waals surface area contributed by atoms with Crippen molar-refractivity contribution in [2.24, 2.45) is 0 Å². The molecule has 3 rings (SSSR count). The normalized spacial score (nSPS) is 16.9. The van der Waals surface area contributed by atoms with Crippen molar-refractivity contribution in [1.29, 1.82) is 0 Å². The lowest BCUT2D eigenvalue weighted by Crippen LogP contribution is -2.36. The van der Waals surface area contributed by atoms with Gasteiger partial charge in [-0.2, -0.15) is 0 Å². The van der Waals surface area contributed by atoms with Crippen molar-refractivity contribution >= 4 is 22.8 Å². The van der Waals surface area contributed by atoms with E-state index in [1.807, 2.05) is 38.1 Å². The minimum Gasteiger partial charge on any atom is -0.500 e. The van der Waals surface area contributed by atoms with E-state index < -0.39 is 11.6 Å². The summed E-state index contributed by atoms with van der Waals surface area (Å²) in [6.07, 6.45) is 6.69. The Labute approximate surface area is 172 Å². The summed E-state index contributed by atoms with van der Waals surface area (Å²) in [7, 11) is 0. The number of rotatable bonds is 5. The molecule has 3 nitrogen and oxygen atoms in total. The number of carbonyl (C=O) groups is 1. The van der Waals surface area contributed by atoms with Gasteiger partial charge in [-0.1, -0.05) is 60.9 Å². The monoisotopic (exact) mass is 386 g/mol. The second kappa shape index (κ2) is 8.84. The van der Waals surface area contributed by atoms with Gasteiger partial charge in [0.1, 0.15) is 0 Å². The number of carbonyl (C=O) groups excluding carboxylic acids is 1. The van der Waals surface area contributed by atoms with Crippen molar-refractivity contribution in [3.63, 3.8) is 0 Å². The summed E-state index contributed by atoms with van der Waals surface area (Å²) in [4.78, 5) is 12.3. The highest BCUT2D eigenvalue weighted by Gasteiger charge is 2.34. The highest BCUT2D eigenvalue weighted by atomic mass is 16.6. The van der Waals surface area contributed by atoms with Crippen LogP contribution in [0.4, 0.5) is 0 Å². The van der Waals surface area contributed by atoms with Crippen molar-refractivity contribution in [2.45, 2.75) is 39.2 Å². The van der Waals surface area contributed by atoms with Gasteiger partial charge in [0.15, 0.2) is 5.60 Å². The summed E-state index contributed by atoms with van der Waals surface area (Å²) in [6, 6.07) is 12.5. The lowest BCUT2D eigenvalue weighted by Gasteiger charge is -2.30. The van der Waals surface area contributed by atoms with Crippen molar-refractivity contribution in [3.05, 3.63) is 77.6 Å². The van der Waals surface area contributed by atoms with Crippen molar-refractivity contribution < 1.29 is 14.3 Å². The van der Waals surface area contributed by atoms with Crippen LogP contribution < -0.4 is 0 Å². The SMILES string of the molecule is C=C(C)C(=O)OC1(C#CCCOC=C(C)C)C=Cc2c(ccc3ccccc23)C1. The average molecular weight is 386 g/mol. The molecule has 0 saturated heterocycles. The van der Waals surface area contributed by atoms with Crippen LogP contribution in [0.5, 0.6) is 0 Å². The number of hydrogen-bond acceptors (Lipinski definition) is 3. The quantitative estimate of drug-likeness (QED) is 0.221. The summed E-state index contributed by atoms with van der Waals surface area (Å²) >= 11 is 0. The number of allylic oxidation sites excluding steroid dienone is 1. The Hall–Kier alpha value is -3.25. The molecular formula is C26H26O3. The van der Waals surface area contributed by atoms with Crippen LogP contribution >= 0.6 is 0 Å². The summed E-state index contributed by atoms with van der Waals surface area (Å²) in [6.45, 7) is 9.79. The maximum Gasteiger partial charge on any atom is 0.334 e. The highest BCUT2D eigenvalue weighted by Crippen LogP contribution is 2.33. The van der Waals surface area contributed by atoms with Crippen LogP contribution in [-0.2, 0) is 20.7 Å². The molecule has 0 aromatic heterocycles. The van der Waals surface area contributed by atoms with E-state index in [9.17, 15) is 4.79 Å². The van der Waals surface area contributed by atoms with E-state index in [1.165, 1.54) is 10.8 Å². The predicted molar refractivity (Wildman–Crippen MR) is 118 cm³/mol. The molecule has 0 heterocycles. The molecule has 0 aliphatic heterocycles. The molecular weight excluding hydrogens is 360 g/mol. The predicted octanol–water partition coefficient (Wildman–Crippen LogP) is 5.60. The van der Waals surface area contributed by atoms with Crippen molar-refractivity contribution in [2.75, 3.05) is 6.61 Å². The molecule has 148 valence electrons. The molecule has 0 amide bonds. The van der Waals surface area contributed by atoms with Gasteiger partial charge in [-0.15, -0.1) is 0 Å². The van der Waals surface area contributed by atoms with Crippen molar-refractivity contribution in [1.82, 2.24) is 0 Å². The van der Waals surface area contributed by atoms with Crippen LogP contribution in [0.3, 0.4) is 0 Å². The Balaban J connectivity index is 1.89. The van der Waals surface area contributed by atoms with E-state index in [0.29, 0.717) is 25.0 Å². The zero-order valence-electron chi connectivity index (χ0n) is 17.2. The van der Waals surface area contributed by atoms with Gasteiger partial charge in [-0.25, -0.2) is 4.79 Å². The Morgan fingerprint density at radius 2 is 2.00 bits per heavy atom. The third-order valence-corrected chi connectivity index (χ3v) is 4.62. The zero-order chi connectivity index (χ0) is 20.9. The van der Waals surface area contributed by atoms with Gasteiger partial charge in [0, 0.05) is 18.4 Å². The number of benzene rings is 2. The van der Waals surface area contributed by atoms with Crippen molar-refractivity contribution in [3.8, 4) is 11.8 Å². The molecule has 0 bridgehead atoms. The van der Waals surface area contributed by atoms with Gasteiger partial charge < -0.3 is 9.47 Å². The first-order valence-electron chi connectivity index (χ1n) is 9.74. The third kappa shape index (κ3) is 4.97. The fraction of sp³-hybridized carbons (Fsp3) is 0.269. The topological polar surface area (TPSA) is 35.5 Å². The van der Waals surface area contributed by atoms with Crippen LogP contribution in [0.1, 0.15) is 38.3 Å². The van der Waals surface area contributed by atoms with Crippen LogP contribution in [0, 0.1) is 11.8 Å². The Kier molecular flexibility index (Phi) is 6.24. The molecule has 0 radical (unpaired) electrons.